The van der Waals surface area contributed by atoms with E-state index in [9.17, 15) is 30.3 Å². The lowest BCUT2D eigenvalue weighted by molar-refractivity contribution is -0.329. The predicted molar refractivity (Wildman–Crippen MR) is 61.0 cm³/mol. The van der Waals surface area contributed by atoms with Crippen molar-refractivity contribution in [3.05, 3.63) is 0 Å². The molecule has 0 saturated carbocycles. The van der Waals surface area contributed by atoms with Crippen LogP contribution < -0.4 is 0 Å². The van der Waals surface area contributed by atoms with Crippen LogP contribution in [0.4, 0.5) is 0 Å². The summed E-state index contributed by atoms with van der Waals surface area (Å²) in [7, 11) is 0. The Labute approximate surface area is 109 Å². The third-order valence-corrected chi connectivity index (χ3v) is 3.14. The second kappa shape index (κ2) is 6.60. The minimum Gasteiger partial charge on any atom is -0.481 e. The van der Waals surface area contributed by atoms with Gasteiger partial charge in [-0.1, -0.05) is 0 Å². The van der Waals surface area contributed by atoms with Crippen molar-refractivity contribution in [1.29, 1.82) is 0 Å². The van der Waals surface area contributed by atoms with E-state index in [1.165, 1.54) is 0 Å². The van der Waals surface area contributed by atoms with Gasteiger partial charge in [-0.2, -0.15) is 0 Å². The maximum Gasteiger partial charge on any atom is 0.303 e. The van der Waals surface area contributed by atoms with Gasteiger partial charge in [0.15, 0.2) is 5.79 Å². The summed E-state index contributed by atoms with van der Waals surface area (Å²) >= 11 is 0. The quantitative estimate of drug-likeness (QED) is 0.321. The molecule has 19 heavy (non-hydrogen) atoms. The topological polar surface area (TPSA) is 148 Å². The summed E-state index contributed by atoms with van der Waals surface area (Å²) in [6.07, 6.45) is -5.86. The van der Waals surface area contributed by atoms with Crippen LogP contribution in [0.1, 0.15) is 25.7 Å². The number of carbonyl (C=O) groups is 1. The lowest BCUT2D eigenvalue weighted by Gasteiger charge is -2.42. The average molecular weight is 280 g/mol. The third-order valence-electron chi connectivity index (χ3n) is 3.14. The Morgan fingerprint density at radius 3 is 2.58 bits per heavy atom. The smallest absolute Gasteiger partial charge is 0.303 e. The molecule has 0 amide bonds. The first-order chi connectivity index (χ1) is 8.76. The second-order valence-corrected chi connectivity index (χ2v) is 4.80. The summed E-state index contributed by atoms with van der Waals surface area (Å²) in [4.78, 5) is 10.3. The van der Waals surface area contributed by atoms with E-state index in [0.29, 0.717) is 0 Å². The zero-order chi connectivity index (χ0) is 14.6. The maximum atomic E-state index is 10.3. The Morgan fingerprint density at radius 2 is 2.00 bits per heavy atom. The standard InChI is InChI=1S/C11H20O8/c12-6(2-1-3-8(14)15)4-11(18)10(17)9(16)7(13)5-19-11/h6-7,9-10,12-13,16-18H,1-5H2,(H,14,15)/t6?,7-,9+,10-,11?/m1/s1. The van der Waals surface area contributed by atoms with Crippen molar-refractivity contribution >= 4 is 5.97 Å². The molecular formula is C11H20O8. The van der Waals surface area contributed by atoms with Crippen LogP contribution in [0.5, 0.6) is 0 Å². The normalized spacial score (nSPS) is 37.0. The summed E-state index contributed by atoms with van der Waals surface area (Å²) < 4.78 is 4.88. The summed E-state index contributed by atoms with van der Waals surface area (Å²) in [5, 5.41) is 56.4. The molecule has 8 heteroatoms. The van der Waals surface area contributed by atoms with Gasteiger partial charge < -0.3 is 35.4 Å². The number of ether oxygens (including phenoxy) is 1. The minimum absolute atomic E-state index is 0.111. The molecule has 0 spiro atoms. The highest BCUT2D eigenvalue weighted by molar-refractivity contribution is 5.66. The molecule has 0 aromatic heterocycles. The van der Waals surface area contributed by atoms with E-state index in [-0.39, 0.29) is 32.3 Å². The molecule has 1 saturated heterocycles. The maximum absolute atomic E-state index is 10.3. The van der Waals surface area contributed by atoms with Gasteiger partial charge in [0, 0.05) is 12.8 Å². The summed E-state index contributed by atoms with van der Waals surface area (Å²) in [5.74, 6) is -3.14. The van der Waals surface area contributed by atoms with Gasteiger partial charge >= 0.3 is 5.97 Å². The summed E-state index contributed by atoms with van der Waals surface area (Å²) in [6, 6.07) is 0. The fourth-order valence-electron chi connectivity index (χ4n) is 2.00. The molecule has 1 aliphatic rings. The van der Waals surface area contributed by atoms with Crippen molar-refractivity contribution in [2.24, 2.45) is 0 Å². The number of aliphatic hydroxyl groups is 5. The van der Waals surface area contributed by atoms with Crippen LogP contribution in [0, 0.1) is 0 Å². The molecule has 5 atom stereocenters. The number of carboxylic acids is 1. The van der Waals surface area contributed by atoms with Gasteiger partial charge in [0.05, 0.1) is 12.7 Å². The predicted octanol–water partition coefficient (Wildman–Crippen LogP) is -2.21. The van der Waals surface area contributed by atoms with E-state index in [1.54, 1.807) is 0 Å². The van der Waals surface area contributed by atoms with Gasteiger partial charge in [0.25, 0.3) is 0 Å². The molecule has 1 fully saturated rings. The summed E-state index contributed by atoms with van der Waals surface area (Å²) in [5.41, 5.74) is 0. The molecule has 1 aliphatic heterocycles. The zero-order valence-electron chi connectivity index (χ0n) is 10.3. The Bertz CT molecular complexity index is 309. The van der Waals surface area contributed by atoms with Crippen LogP contribution in [0.25, 0.3) is 0 Å². The van der Waals surface area contributed by atoms with E-state index < -0.39 is 36.2 Å². The van der Waals surface area contributed by atoms with E-state index in [1.807, 2.05) is 0 Å². The molecule has 8 nitrogen and oxygen atoms in total. The van der Waals surface area contributed by atoms with E-state index >= 15 is 0 Å². The second-order valence-electron chi connectivity index (χ2n) is 4.80. The molecule has 1 rings (SSSR count). The van der Waals surface area contributed by atoms with Crippen LogP contribution in [-0.2, 0) is 9.53 Å². The molecule has 0 aliphatic carbocycles. The SMILES string of the molecule is O=C(O)CCCC(O)CC1(O)OC[C@@H](O)[C@H](O)[C@H]1O. The van der Waals surface area contributed by atoms with Gasteiger partial charge in [-0.05, 0) is 12.8 Å². The van der Waals surface area contributed by atoms with Crippen molar-refractivity contribution in [3.63, 3.8) is 0 Å². The van der Waals surface area contributed by atoms with Crippen LogP contribution in [0.3, 0.4) is 0 Å². The Kier molecular flexibility index (Phi) is 5.65. The third kappa shape index (κ3) is 4.37. The molecular weight excluding hydrogens is 260 g/mol. The first-order valence-corrected chi connectivity index (χ1v) is 6.06. The number of aliphatic carboxylic acids is 1. The minimum atomic E-state index is -2.15. The average Bonchev–Trinajstić information content (AvgIpc) is 2.31. The van der Waals surface area contributed by atoms with Crippen LogP contribution in [0.2, 0.25) is 0 Å². The Hall–Kier alpha value is -0.770. The number of rotatable bonds is 6. The van der Waals surface area contributed by atoms with E-state index in [0.717, 1.165) is 0 Å². The van der Waals surface area contributed by atoms with Gasteiger partial charge in [-0.25, -0.2) is 0 Å². The number of carboxylic acid groups (broad SMARTS) is 1. The molecule has 6 N–H and O–H groups in total. The lowest BCUT2D eigenvalue weighted by atomic mass is 9.91. The van der Waals surface area contributed by atoms with Crippen molar-refractivity contribution in [2.75, 3.05) is 6.61 Å². The molecule has 0 aromatic rings. The highest BCUT2D eigenvalue weighted by Crippen LogP contribution is 2.29. The molecule has 0 bridgehead atoms. The number of aliphatic hydroxyl groups excluding tert-OH is 4. The van der Waals surface area contributed by atoms with Gasteiger partial charge in [-0.3, -0.25) is 4.79 Å². The molecule has 0 aromatic carbocycles. The lowest BCUT2D eigenvalue weighted by Crippen LogP contribution is -2.61. The fraction of sp³-hybridized carbons (Fsp3) is 0.909. The first-order valence-electron chi connectivity index (χ1n) is 6.06. The van der Waals surface area contributed by atoms with Gasteiger partial charge in [0.2, 0.25) is 0 Å². The van der Waals surface area contributed by atoms with Crippen molar-refractivity contribution < 1.29 is 40.2 Å². The van der Waals surface area contributed by atoms with Crippen LogP contribution in [0.15, 0.2) is 0 Å². The molecule has 0 radical (unpaired) electrons. The number of hydrogen-bond donors (Lipinski definition) is 6. The summed E-state index contributed by atoms with van der Waals surface area (Å²) in [6.45, 7) is -0.365. The zero-order valence-corrected chi connectivity index (χ0v) is 10.3. The molecule has 2 unspecified atom stereocenters. The highest BCUT2D eigenvalue weighted by atomic mass is 16.6. The van der Waals surface area contributed by atoms with Crippen LogP contribution >= 0.6 is 0 Å². The van der Waals surface area contributed by atoms with Gasteiger partial charge in [-0.15, -0.1) is 0 Å². The Balaban J connectivity index is 2.47. The fourth-order valence-corrected chi connectivity index (χ4v) is 2.00. The highest BCUT2D eigenvalue weighted by Gasteiger charge is 2.49. The van der Waals surface area contributed by atoms with Crippen molar-refractivity contribution in [1.82, 2.24) is 0 Å². The number of hydrogen-bond acceptors (Lipinski definition) is 7. The van der Waals surface area contributed by atoms with Crippen molar-refractivity contribution in [2.45, 2.75) is 55.9 Å². The largest absolute Gasteiger partial charge is 0.481 e. The first kappa shape index (κ1) is 16.3. The van der Waals surface area contributed by atoms with Crippen molar-refractivity contribution in [3.8, 4) is 0 Å². The van der Waals surface area contributed by atoms with Crippen LogP contribution in [-0.4, -0.2) is 73.4 Å². The van der Waals surface area contributed by atoms with E-state index in [4.69, 9.17) is 9.84 Å². The Morgan fingerprint density at radius 1 is 1.37 bits per heavy atom. The van der Waals surface area contributed by atoms with Gasteiger partial charge in [0.1, 0.15) is 18.3 Å². The molecule has 112 valence electrons. The molecule has 1 heterocycles. The monoisotopic (exact) mass is 280 g/mol. The van der Waals surface area contributed by atoms with E-state index in [2.05, 4.69) is 0 Å².